The Labute approximate surface area is 179 Å². The molecule has 0 saturated carbocycles. The highest BCUT2D eigenvalue weighted by Crippen LogP contribution is 2.29. The molecule has 0 amide bonds. The van der Waals surface area contributed by atoms with Crippen LogP contribution in [0.25, 0.3) is 22.1 Å². The van der Waals surface area contributed by atoms with Crippen LogP contribution < -0.4 is 11.3 Å². The molecule has 0 aliphatic rings. The molecular weight excluding hydrogens is 422 g/mol. The van der Waals surface area contributed by atoms with E-state index in [4.69, 9.17) is 19.6 Å². The predicted molar refractivity (Wildman–Crippen MR) is 109 cm³/mol. The van der Waals surface area contributed by atoms with Gasteiger partial charge >= 0.3 is 11.9 Å². The summed E-state index contributed by atoms with van der Waals surface area (Å²) in [6.45, 7) is 2.77. The van der Waals surface area contributed by atoms with Gasteiger partial charge in [-0.3, -0.25) is 18.8 Å². The average Bonchev–Trinajstić information content (AvgIpc) is 3.29. The van der Waals surface area contributed by atoms with Crippen LogP contribution in [0.3, 0.4) is 0 Å². The normalized spacial score (nSPS) is 11.2. The van der Waals surface area contributed by atoms with E-state index in [0.717, 1.165) is 4.57 Å². The zero-order chi connectivity index (χ0) is 23.0. The van der Waals surface area contributed by atoms with Crippen LogP contribution in [0.1, 0.15) is 28.9 Å². The smallest absolute Gasteiger partial charge is 0.342 e. The Morgan fingerprint density at radius 3 is 2.78 bits per heavy atom. The Morgan fingerprint density at radius 2 is 2.03 bits per heavy atom. The van der Waals surface area contributed by atoms with Crippen molar-refractivity contribution >= 4 is 39.9 Å². The number of anilines is 1. The van der Waals surface area contributed by atoms with E-state index in [1.165, 1.54) is 17.2 Å². The molecule has 0 bridgehead atoms. The van der Waals surface area contributed by atoms with Crippen molar-refractivity contribution in [3.05, 3.63) is 40.0 Å². The summed E-state index contributed by atoms with van der Waals surface area (Å²) >= 11 is 0. The molecule has 13 heteroatoms. The molecule has 0 aliphatic carbocycles. The summed E-state index contributed by atoms with van der Waals surface area (Å²) < 4.78 is 18.3. The van der Waals surface area contributed by atoms with Gasteiger partial charge in [-0.1, -0.05) is 0 Å². The standard InChI is InChI=1S/C19H19N7O6/c1-4-30-19(29)13-9(2)32-17-14(13)15(20)23-11(24-17)7-31-12(27)6-26-8-21-16-10(18(26)28)5-22-25(16)3/h5,8H,4,6-7H2,1-3H3,(H2,20,23,24). The number of esters is 2. The van der Waals surface area contributed by atoms with Crippen LogP contribution in [0.2, 0.25) is 0 Å². The molecule has 0 unspecified atom stereocenters. The van der Waals surface area contributed by atoms with E-state index in [1.54, 1.807) is 20.9 Å². The molecule has 4 rings (SSSR count). The third kappa shape index (κ3) is 3.64. The third-order valence-corrected chi connectivity index (χ3v) is 4.66. The van der Waals surface area contributed by atoms with Crippen molar-refractivity contribution in [3.63, 3.8) is 0 Å². The van der Waals surface area contributed by atoms with Crippen molar-refractivity contribution in [2.75, 3.05) is 12.3 Å². The Balaban J connectivity index is 1.51. The number of carbonyl (C=O) groups is 2. The number of ether oxygens (including phenoxy) is 2. The highest BCUT2D eigenvalue weighted by Gasteiger charge is 2.24. The van der Waals surface area contributed by atoms with Crippen LogP contribution >= 0.6 is 0 Å². The van der Waals surface area contributed by atoms with E-state index < -0.39 is 17.5 Å². The number of fused-ring (bicyclic) bond motifs is 2. The Bertz CT molecular complexity index is 1420. The lowest BCUT2D eigenvalue weighted by molar-refractivity contribution is -0.146. The average molecular weight is 441 g/mol. The van der Waals surface area contributed by atoms with Gasteiger partial charge in [-0.05, 0) is 13.8 Å². The number of rotatable bonds is 6. The fraction of sp³-hybridized carbons (Fsp3) is 0.316. The van der Waals surface area contributed by atoms with Crippen molar-refractivity contribution in [2.45, 2.75) is 27.0 Å². The Hall–Kier alpha value is -4.29. The number of nitrogens with two attached hydrogens (primary N) is 1. The topological polar surface area (TPSA) is 170 Å². The summed E-state index contributed by atoms with van der Waals surface area (Å²) in [5, 5.41) is 4.50. The SMILES string of the molecule is CCOC(=O)c1c(C)oc2nc(COC(=O)Cn3cnc4c(cnn4C)c3=O)nc(N)c12. The van der Waals surface area contributed by atoms with Crippen molar-refractivity contribution in [2.24, 2.45) is 7.05 Å². The van der Waals surface area contributed by atoms with Crippen molar-refractivity contribution in [1.29, 1.82) is 0 Å². The number of nitrogens with zero attached hydrogens (tertiary/aromatic N) is 6. The summed E-state index contributed by atoms with van der Waals surface area (Å²) in [6.07, 6.45) is 2.63. The zero-order valence-corrected chi connectivity index (χ0v) is 17.5. The molecule has 32 heavy (non-hydrogen) atoms. The molecule has 13 nitrogen and oxygen atoms in total. The number of nitrogen functional groups attached to an aromatic ring is 1. The van der Waals surface area contributed by atoms with Crippen LogP contribution in [0.15, 0.2) is 21.7 Å². The Morgan fingerprint density at radius 1 is 1.25 bits per heavy atom. The van der Waals surface area contributed by atoms with E-state index >= 15 is 0 Å². The molecular formula is C19H19N7O6. The van der Waals surface area contributed by atoms with E-state index in [2.05, 4.69) is 20.1 Å². The van der Waals surface area contributed by atoms with Gasteiger partial charge in [-0.15, -0.1) is 0 Å². The van der Waals surface area contributed by atoms with Crippen LogP contribution in [-0.4, -0.2) is 47.8 Å². The van der Waals surface area contributed by atoms with E-state index in [0.29, 0.717) is 5.65 Å². The van der Waals surface area contributed by atoms with Crippen molar-refractivity contribution in [3.8, 4) is 0 Å². The zero-order valence-electron chi connectivity index (χ0n) is 17.5. The molecule has 0 aliphatic heterocycles. The molecule has 0 saturated heterocycles. The molecule has 2 N–H and O–H groups in total. The first-order valence-corrected chi connectivity index (χ1v) is 9.55. The predicted octanol–water partition coefficient (Wildman–Crippen LogP) is 0.477. The molecule has 4 heterocycles. The van der Waals surface area contributed by atoms with E-state index in [-0.39, 0.29) is 59.2 Å². The van der Waals surface area contributed by atoms with Gasteiger partial charge in [0.1, 0.15) is 35.4 Å². The minimum absolute atomic E-state index is 0.0107. The number of carbonyl (C=O) groups excluding carboxylic acids is 2. The van der Waals surface area contributed by atoms with E-state index in [9.17, 15) is 14.4 Å². The van der Waals surface area contributed by atoms with Gasteiger partial charge in [0, 0.05) is 7.05 Å². The second-order valence-corrected chi connectivity index (χ2v) is 6.80. The summed E-state index contributed by atoms with van der Waals surface area (Å²) in [4.78, 5) is 49.2. The van der Waals surface area contributed by atoms with Gasteiger partial charge < -0.3 is 19.6 Å². The Kier molecular flexibility index (Phi) is 5.30. The maximum Gasteiger partial charge on any atom is 0.342 e. The monoisotopic (exact) mass is 441 g/mol. The molecule has 0 fully saturated rings. The number of hydrogen-bond acceptors (Lipinski definition) is 11. The molecule has 0 aromatic carbocycles. The second-order valence-electron chi connectivity index (χ2n) is 6.80. The van der Waals surface area contributed by atoms with Crippen molar-refractivity contribution < 1.29 is 23.5 Å². The van der Waals surface area contributed by atoms with Crippen LogP contribution in [0.4, 0.5) is 5.82 Å². The highest BCUT2D eigenvalue weighted by molar-refractivity contribution is 6.07. The summed E-state index contributed by atoms with van der Waals surface area (Å²) in [5.41, 5.74) is 6.21. The molecule has 4 aromatic heterocycles. The van der Waals surface area contributed by atoms with Gasteiger partial charge in [-0.25, -0.2) is 14.8 Å². The van der Waals surface area contributed by atoms with E-state index in [1.807, 2.05) is 0 Å². The molecule has 166 valence electrons. The summed E-state index contributed by atoms with van der Waals surface area (Å²) in [7, 11) is 1.66. The number of furan rings is 1. The number of hydrogen-bond donors (Lipinski definition) is 1. The lowest BCUT2D eigenvalue weighted by Gasteiger charge is -2.07. The quantitative estimate of drug-likeness (QED) is 0.413. The summed E-state index contributed by atoms with van der Waals surface area (Å²) in [6, 6.07) is 0. The van der Waals surface area contributed by atoms with Gasteiger partial charge in [0.2, 0.25) is 5.71 Å². The van der Waals surface area contributed by atoms with Gasteiger partial charge in [-0.2, -0.15) is 10.1 Å². The molecule has 0 atom stereocenters. The van der Waals surface area contributed by atoms with Crippen LogP contribution in [0, 0.1) is 6.92 Å². The second kappa shape index (κ2) is 8.09. The lowest BCUT2D eigenvalue weighted by Crippen LogP contribution is -2.25. The minimum atomic E-state index is -0.706. The maximum atomic E-state index is 12.4. The van der Waals surface area contributed by atoms with Gasteiger partial charge in [0.05, 0.1) is 18.2 Å². The first-order chi connectivity index (χ1) is 15.3. The molecule has 0 radical (unpaired) electrons. The number of aromatic nitrogens is 6. The van der Waals surface area contributed by atoms with Crippen LogP contribution in [0.5, 0.6) is 0 Å². The number of aryl methyl sites for hydroxylation is 2. The molecule has 0 spiro atoms. The fourth-order valence-corrected chi connectivity index (χ4v) is 3.21. The van der Waals surface area contributed by atoms with Crippen LogP contribution in [-0.2, 0) is 34.5 Å². The maximum absolute atomic E-state index is 12.4. The largest absolute Gasteiger partial charge is 0.462 e. The summed E-state index contributed by atoms with van der Waals surface area (Å²) in [5.74, 6) is -0.958. The third-order valence-electron chi connectivity index (χ3n) is 4.66. The van der Waals surface area contributed by atoms with Gasteiger partial charge in [0.15, 0.2) is 18.1 Å². The first-order valence-electron chi connectivity index (χ1n) is 9.55. The van der Waals surface area contributed by atoms with Crippen molar-refractivity contribution in [1.82, 2.24) is 29.3 Å². The lowest BCUT2D eigenvalue weighted by atomic mass is 10.2. The van der Waals surface area contributed by atoms with Gasteiger partial charge in [0.25, 0.3) is 5.56 Å². The molecule has 4 aromatic rings. The minimum Gasteiger partial charge on any atom is -0.462 e. The highest BCUT2D eigenvalue weighted by atomic mass is 16.5. The first kappa shape index (κ1) is 21.0. The fourth-order valence-electron chi connectivity index (χ4n) is 3.21.